The van der Waals surface area contributed by atoms with E-state index in [0.717, 1.165) is 35.7 Å². The van der Waals surface area contributed by atoms with E-state index in [1.165, 1.54) is 23.3 Å². The summed E-state index contributed by atoms with van der Waals surface area (Å²) < 4.78 is 13.2. The fourth-order valence-corrected chi connectivity index (χ4v) is 4.49. The molecule has 0 unspecified atom stereocenters. The smallest absolute Gasteiger partial charge is 0.253 e. The average Bonchev–Trinajstić information content (AvgIpc) is 2.80. The molecule has 5 nitrogen and oxygen atoms in total. The second-order valence-corrected chi connectivity index (χ2v) is 9.58. The summed E-state index contributed by atoms with van der Waals surface area (Å²) in [7, 11) is 0. The summed E-state index contributed by atoms with van der Waals surface area (Å²) >= 11 is 0. The summed E-state index contributed by atoms with van der Waals surface area (Å²) in [5.74, 6) is 1.94. The number of amides is 1. The second kappa shape index (κ2) is 10.3. The average molecular weight is 461 g/mol. The molecule has 34 heavy (non-hydrogen) atoms. The number of piperazine rings is 1. The Hall–Kier alpha value is -3.28. The Kier molecular flexibility index (Phi) is 7.25. The molecule has 3 aromatic rings. The lowest BCUT2D eigenvalue weighted by Crippen LogP contribution is -2.49. The number of aryl methyl sites for hydroxylation is 2. The number of aromatic nitrogens is 2. The molecule has 0 spiro atoms. The Balaban J connectivity index is 1.57. The van der Waals surface area contributed by atoms with Gasteiger partial charge >= 0.3 is 0 Å². The van der Waals surface area contributed by atoms with Crippen molar-refractivity contribution in [2.75, 3.05) is 31.1 Å². The number of hydrogen-bond acceptors (Lipinski definition) is 4. The van der Waals surface area contributed by atoms with E-state index in [1.807, 2.05) is 4.90 Å². The first-order valence-corrected chi connectivity index (χ1v) is 12.0. The van der Waals surface area contributed by atoms with E-state index in [4.69, 9.17) is 9.97 Å². The summed E-state index contributed by atoms with van der Waals surface area (Å²) in [5, 5.41) is 0. The lowest BCUT2D eigenvalue weighted by Gasteiger charge is -2.36. The predicted octanol–water partition coefficient (Wildman–Crippen LogP) is 4.98. The van der Waals surface area contributed by atoms with Crippen LogP contribution in [0.2, 0.25) is 0 Å². The predicted molar refractivity (Wildman–Crippen MR) is 134 cm³/mol. The molecule has 1 amide bonds. The first kappa shape index (κ1) is 23.9. The standard InChI is InChI=1S/C28H33FN4O/c1-19(2)16-26-30-21(4)25(18-22-7-5-6-20(3)17-22)27(31-26)32-12-14-33(15-13-32)28(34)23-8-10-24(29)11-9-23/h5-11,17,19H,12-16,18H2,1-4H3. The second-order valence-electron chi connectivity index (χ2n) is 9.58. The zero-order chi connectivity index (χ0) is 24.2. The Labute approximate surface area is 201 Å². The minimum absolute atomic E-state index is 0.0565. The fraction of sp³-hybridized carbons (Fsp3) is 0.393. The van der Waals surface area contributed by atoms with Gasteiger partial charge in [0, 0.05) is 55.8 Å². The van der Waals surface area contributed by atoms with E-state index >= 15 is 0 Å². The maximum Gasteiger partial charge on any atom is 0.253 e. The molecule has 2 aromatic carbocycles. The molecule has 0 N–H and O–H groups in total. The molecule has 0 aliphatic carbocycles. The number of nitrogens with zero attached hydrogens (tertiary/aromatic N) is 4. The van der Waals surface area contributed by atoms with E-state index in [2.05, 4.69) is 56.9 Å². The van der Waals surface area contributed by atoms with Crippen molar-refractivity contribution in [1.29, 1.82) is 0 Å². The third-order valence-electron chi connectivity index (χ3n) is 6.25. The molecule has 1 aromatic heterocycles. The molecule has 178 valence electrons. The number of anilines is 1. The van der Waals surface area contributed by atoms with Gasteiger partial charge < -0.3 is 9.80 Å². The number of halogens is 1. The first-order valence-electron chi connectivity index (χ1n) is 12.0. The Morgan fingerprint density at radius 1 is 1.00 bits per heavy atom. The first-order chi connectivity index (χ1) is 16.3. The van der Waals surface area contributed by atoms with Gasteiger partial charge in [0.25, 0.3) is 5.91 Å². The molecule has 1 aliphatic heterocycles. The summed E-state index contributed by atoms with van der Waals surface area (Å²) in [6.45, 7) is 11.1. The van der Waals surface area contributed by atoms with Gasteiger partial charge in [0.1, 0.15) is 17.5 Å². The lowest BCUT2D eigenvalue weighted by atomic mass is 10.0. The summed E-state index contributed by atoms with van der Waals surface area (Å²) in [6, 6.07) is 14.3. The molecular weight excluding hydrogens is 427 g/mol. The molecule has 6 heteroatoms. The third kappa shape index (κ3) is 5.61. The largest absolute Gasteiger partial charge is 0.353 e. The maximum atomic E-state index is 13.2. The monoisotopic (exact) mass is 460 g/mol. The number of carbonyl (C=O) groups excluding carboxylic acids is 1. The topological polar surface area (TPSA) is 49.3 Å². The number of hydrogen-bond donors (Lipinski definition) is 0. The molecule has 0 atom stereocenters. The van der Waals surface area contributed by atoms with E-state index < -0.39 is 0 Å². The quantitative estimate of drug-likeness (QED) is 0.520. The van der Waals surface area contributed by atoms with Crippen molar-refractivity contribution in [1.82, 2.24) is 14.9 Å². The Morgan fingerprint density at radius 3 is 2.35 bits per heavy atom. The van der Waals surface area contributed by atoms with E-state index in [1.54, 1.807) is 12.1 Å². The summed E-state index contributed by atoms with van der Waals surface area (Å²) in [4.78, 5) is 26.9. The SMILES string of the molecule is Cc1cccc(Cc2c(C)nc(CC(C)C)nc2N2CCN(C(=O)c3ccc(F)cc3)CC2)c1. The summed E-state index contributed by atoms with van der Waals surface area (Å²) in [6.07, 6.45) is 1.61. The van der Waals surface area contributed by atoms with Gasteiger partial charge in [-0.2, -0.15) is 0 Å². The highest BCUT2D eigenvalue weighted by Gasteiger charge is 2.26. The van der Waals surface area contributed by atoms with Gasteiger partial charge in [-0.15, -0.1) is 0 Å². The normalized spacial score (nSPS) is 14.1. The van der Waals surface area contributed by atoms with Crippen molar-refractivity contribution in [2.45, 2.75) is 40.5 Å². The van der Waals surface area contributed by atoms with Crippen molar-refractivity contribution in [3.8, 4) is 0 Å². The van der Waals surface area contributed by atoms with Crippen molar-refractivity contribution in [3.05, 3.63) is 88.1 Å². The van der Waals surface area contributed by atoms with Gasteiger partial charge in [-0.05, 0) is 49.6 Å². The highest BCUT2D eigenvalue weighted by molar-refractivity contribution is 5.94. The highest BCUT2D eigenvalue weighted by Crippen LogP contribution is 2.26. The van der Waals surface area contributed by atoms with Crippen LogP contribution in [0.1, 0.15) is 52.4 Å². The minimum Gasteiger partial charge on any atom is -0.353 e. The molecule has 2 heterocycles. The van der Waals surface area contributed by atoms with Gasteiger partial charge in [-0.1, -0.05) is 43.7 Å². The van der Waals surface area contributed by atoms with Crippen molar-refractivity contribution in [3.63, 3.8) is 0 Å². The van der Waals surface area contributed by atoms with Crippen LogP contribution < -0.4 is 4.90 Å². The summed E-state index contributed by atoms with van der Waals surface area (Å²) in [5.41, 5.74) is 5.17. The number of rotatable bonds is 6. The van der Waals surface area contributed by atoms with Gasteiger partial charge in [0.2, 0.25) is 0 Å². The molecule has 0 saturated carbocycles. The number of benzene rings is 2. The zero-order valence-corrected chi connectivity index (χ0v) is 20.5. The molecule has 0 radical (unpaired) electrons. The van der Waals surface area contributed by atoms with Crippen LogP contribution in [0.5, 0.6) is 0 Å². The maximum absolute atomic E-state index is 13.2. The third-order valence-corrected chi connectivity index (χ3v) is 6.25. The zero-order valence-electron chi connectivity index (χ0n) is 20.5. The van der Waals surface area contributed by atoms with Crippen LogP contribution in [0.25, 0.3) is 0 Å². The Morgan fingerprint density at radius 2 is 1.71 bits per heavy atom. The molecule has 0 bridgehead atoms. The van der Waals surface area contributed by atoms with E-state index in [9.17, 15) is 9.18 Å². The molecule has 4 rings (SSSR count). The molecule has 1 aliphatic rings. The van der Waals surface area contributed by atoms with Crippen molar-refractivity contribution < 1.29 is 9.18 Å². The van der Waals surface area contributed by atoms with Gasteiger partial charge in [-0.25, -0.2) is 14.4 Å². The van der Waals surface area contributed by atoms with Crippen LogP contribution in [0, 0.1) is 25.6 Å². The van der Waals surface area contributed by atoms with Crippen LogP contribution in [0.4, 0.5) is 10.2 Å². The van der Waals surface area contributed by atoms with Crippen molar-refractivity contribution >= 4 is 11.7 Å². The molecule has 1 saturated heterocycles. The van der Waals surface area contributed by atoms with Gasteiger partial charge in [0.15, 0.2) is 0 Å². The van der Waals surface area contributed by atoms with Crippen LogP contribution in [-0.4, -0.2) is 47.0 Å². The van der Waals surface area contributed by atoms with Crippen LogP contribution in [0.3, 0.4) is 0 Å². The van der Waals surface area contributed by atoms with Gasteiger partial charge in [0.05, 0.1) is 0 Å². The highest BCUT2D eigenvalue weighted by atomic mass is 19.1. The fourth-order valence-electron chi connectivity index (χ4n) is 4.49. The van der Waals surface area contributed by atoms with Crippen molar-refractivity contribution in [2.24, 2.45) is 5.92 Å². The number of carbonyl (C=O) groups is 1. The lowest BCUT2D eigenvalue weighted by molar-refractivity contribution is 0.0746. The minimum atomic E-state index is -0.334. The van der Waals surface area contributed by atoms with Crippen LogP contribution >= 0.6 is 0 Å². The van der Waals surface area contributed by atoms with E-state index in [-0.39, 0.29) is 11.7 Å². The molecular formula is C28H33FN4O. The molecule has 1 fully saturated rings. The van der Waals surface area contributed by atoms with Crippen LogP contribution in [-0.2, 0) is 12.8 Å². The van der Waals surface area contributed by atoms with E-state index in [0.29, 0.717) is 37.7 Å². The Bertz CT molecular complexity index is 1150. The van der Waals surface area contributed by atoms with Crippen LogP contribution in [0.15, 0.2) is 48.5 Å². The van der Waals surface area contributed by atoms with Gasteiger partial charge in [-0.3, -0.25) is 4.79 Å².